The summed E-state index contributed by atoms with van der Waals surface area (Å²) in [7, 11) is 0. The highest BCUT2D eigenvalue weighted by Crippen LogP contribution is 2.16. The molecular formula is C20H30N2O2. The van der Waals surface area contributed by atoms with Crippen molar-refractivity contribution in [1.82, 2.24) is 10.2 Å². The van der Waals surface area contributed by atoms with Crippen LogP contribution in [0, 0.1) is 13.8 Å². The van der Waals surface area contributed by atoms with Crippen LogP contribution in [-0.2, 0) is 4.79 Å². The summed E-state index contributed by atoms with van der Waals surface area (Å²) in [6.45, 7) is 7.20. The number of unbranched alkanes of at least 4 members (excludes halogenated alkanes) is 1. The highest BCUT2D eigenvalue weighted by atomic mass is 16.3. The van der Waals surface area contributed by atoms with Gasteiger partial charge in [0.1, 0.15) is 0 Å². The number of nitrogens with one attached hydrogen (secondary N) is 1. The molecule has 1 amide bonds. The van der Waals surface area contributed by atoms with E-state index in [0.29, 0.717) is 12.6 Å². The topological polar surface area (TPSA) is 52.6 Å². The second-order valence-corrected chi connectivity index (χ2v) is 6.77. The molecule has 1 atom stereocenters. The molecule has 0 bridgehead atoms. The quantitative estimate of drug-likeness (QED) is 0.569. The molecule has 1 fully saturated rings. The predicted octanol–water partition coefficient (Wildman–Crippen LogP) is 2.67. The fourth-order valence-electron chi connectivity index (χ4n) is 3.38. The molecule has 1 heterocycles. The smallest absolute Gasteiger partial charge is 0.243 e. The minimum absolute atomic E-state index is 0.0384. The molecule has 0 radical (unpaired) electrons. The summed E-state index contributed by atoms with van der Waals surface area (Å²) in [6, 6.07) is 6.62. The number of hydrogen-bond acceptors (Lipinski definition) is 3. The zero-order chi connectivity index (χ0) is 17.4. The van der Waals surface area contributed by atoms with Gasteiger partial charge in [-0.2, -0.15) is 0 Å². The van der Waals surface area contributed by atoms with Gasteiger partial charge >= 0.3 is 0 Å². The summed E-state index contributed by atoms with van der Waals surface area (Å²) in [5.41, 5.74) is 3.48. The van der Waals surface area contributed by atoms with E-state index in [0.717, 1.165) is 37.9 Å². The Morgan fingerprint density at radius 3 is 2.75 bits per heavy atom. The maximum Gasteiger partial charge on any atom is 0.243 e. The number of aliphatic hydroxyl groups is 1. The molecule has 0 spiro atoms. The number of benzene rings is 1. The van der Waals surface area contributed by atoms with E-state index in [2.05, 4.69) is 42.3 Å². The first-order valence-corrected chi connectivity index (χ1v) is 8.97. The molecule has 4 nitrogen and oxygen atoms in total. The van der Waals surface area contributed by atoms with Crippen molar-refractivity contribution in [1.29, 1.82) is 0 Å². The molecule has 0 aliphatic carbocycles. The number of carbonyl (C=O) groups excluding carboxylic acids is 1. The van der Waals surface area contributed by atoms with Crippen molar-refractivity contribution in [3.8, 4) is 0 Å². The third kappa shape index (κ3) is 6.10. The lowest BCUT2D eigenvalue weighted by atomic mass is 10.1. The number of rotatable bonds is 8. The summed E-state index contributed by atoms with van der Waals surface area (Å²) < 4.78 is 0. The maximum absolute atomic E-state index is 11.9. The standard InChI is InChI=1S/C20H30N2O2/c1-16-12-17(2)14-18(13-16)7-8-20(24)21-9-3-4-10-22-11-5-6-19(22)15-23/h7-8,12-14,19,23H,3-6,9-11,15H2,1-2H3,(H,21,24)/b8-7+. The van der Waals surface area contributed by atoms with Crippen molar-refractivity contribution in [2.75, 3.05) is 26.2 Å². The first-order valence-electron chi connectivity index (χ1n) is 8.97. The minimum Gasteiger partial charge on any atom is -0.395 e. The number of likely N-dealkylation sites (tertiary alicyclic amines) is 1. The normalized spacial score (nSPS) is 18.4. The van der Waals surface area contributed by atoms with Gasteiger partial charge in [-0.3, -0.25) is 9.69 Å². The minimum atomic E-state index is -0.0384. The Kier molecular flexibility index (Phi) is 7.47. The summed E-state index contributed by atoms with van der Waals surface area (Å²) in [5.74, 6) is -0.0384. The van der Waals surface area contributed by atoms with Crippen LogP contribution in [0.3, 0.4) is 0 Å². The number of hydrogen-bond donors (Lipinski definition) is 2. The van der Waals surface area contributed by atoms with E-state index in [4.69, 9.17) is 0 Å². The first kappa shape index (κ1) is 18.7. The molecular weight excluding hydrogens is 300 g/mol. The van der Waals surface area contributed by atoms with Crippen LogP contribution in [0.1, 0.15) is 42.4 Å². The van der Waals surface area contributed by atoms with Gasteiger partial charge in [0.2, 0.25) is 5.91 Å². The van der Waals surface area contributed by atoms with Crippen molar-refractivity contribution in [2.24, 2.45) is 0 Å². The van der Waals surface area contributed by atoms with E-state index < -0.39 is 0 Å². The maximum atomic E-state index is 11.9. The Hall–Kier alpha value is -1.65. The van der Waals surface area contributed by atoms with Gasteiger partial charge in [0.05, 0.1) is 6.61 Å². The van der Waals surface area contributed by atoms with E-state index >= 15 is 0 Å². The third-order valence-electron chi connectivity index (χ3n) is 4.55. The Labute approximate surface area is 145 Å². The fraction of sp³-hybridized carbons (Fsp3) is 0.550. The van der Waals surface area contributed by atoms with Gasteiger partial charge in [-0.15, -0.1) is 0 Å². The van der Waals surface area contributed by atoms with E-state index in [-0.39, 0.29) is 12.5 Å². The molecule has 2 N–H and O–H groups in total. The second kappa shape index (κ2) is 9.60. The van der Waals surface area contributed by atoms with Crippen molar-refractivity contribution < 1.29 is 9.90 Å². The van der Waals surface area contributed by atoms with Crippen LogP contribution in [0.25, 0.3) is 6.08 Å². The van der Waals surface area contributed by atoms with E-state index in [1.54, 1.807) is 6.08 Å². The molecule has 1 aliphatic rings. The summed E-state index contributed by atoms with van der Waals surface area (Å²) >= 11 is 0. The lowest BCUT2D eigenvalue weighted by Crippen LogP contribution is -2.33. The zero-order valence-electron chi connectivity index (χ0n) is 14.9. The molecule has 0 aromatic heterocycles. The Bertz CT molecular complexity index is 549. The summed E-state index contributed by atoms with van der Waals surface area (Å²) in [6.07, 6.45) is 7.79. The molecule has 1 aromatic carbocycles. The fourth-order valence-corrected chi connectivity index (χ4v) is 3.38. The average Bonchev–Trinajstić information content (AvgIpc) is 2.99. The highest BCUT2D eigenvalue weighted by Gasteiger charge is 2.22. The largest absolute Gasteiger partial charge is 0.395 e. The SMILES string of the molecule is Cc1cc(C)cc(/C=C/C(=O)NCCCCN2CCCC2CO)c1. The summed E-state index contributed by atoms with van der Waals surface area (Å²) in [5, 5.41) is 12.2. The molecule has 2 rings (SSSR count). The Morgan fingerprint density at radius 1 is 1.29 bits per heavy atom. The van der Waals surface area contributed by atoms with Crippen LogP contribution in [-0.4, -0.2) is 48.2 Å². The van der Waals surface area contributed by atoms with Crippen molar-refractivity contribution in [2.45, 2.75) is 45.6 Å². The predicted molar refractivity (Wildman–Crippen MR) is 98.9 cm³/mol. The van der Waals surface area contributed by atoms with Crippen LogP contribution in [0.4, 0.5) is 0 Å². The monoisotopic (exact) mass is 330 g/mol. The molecule has 1 aromatic rings. The molecule has 0 saturated carbocycles. The first-order chi connectivity index (χ1) is 11.6. The van der Waals surface area contributed by atoms with Gasteiger partial charge in [-0.25, -0.2) is 0 Å². The van der Waals surface area contributed by atoms with Crippen LogP contribution in [0.15, 0.2) is 24.3 Å². The van der Waals surface area contributed by atoms with Crippen LogP contribution >= 0.6 is 0 Å². The highest BCUT2D eigenvalue weighted by molar-refractivity contribution is 5.91. The molecule has 132 valence electrons. The molecule has 24 heavy (non-hydrogen) atoms. The summed E-state index contributed by atoms with van der Waals surface area (Å²) in [4.78, 5) is 14.2. The lowest BCUT2D eigenvalue weighted by Gasteiger charge is -2.22. The van der Waals surface area contributed by atoms with Crippen LogP contribution in [0.5, 0.6) is 0 Å². The van der Waals surface area contributed by atoms with Crippen molar-refractivity contribution in [3.63, 3.8) is 0 Å². The van der Waals surface area contributed by atoms with Gasteiger partial charge in [0.15, 0.2) is 0 Å². The van der Waals surface area contributed by atoms with Gasteiger partial charge in [0, 0.05) is 18.7 Å². The zero-order valence-corrected chi connectivity index (χ0v) is 14.9. The van der Waals surface area contributed by atoms with Gasteiger partial charge in [0.25, 0.3) is 0 Å². The van der Waals surface area contributed by atoms with Gasteiger partial charge < -0.3 is 10.4 Å². The second-order valence-electron chi connectivity index (χ2n) is 6.77. The number of carbonyl (C=O) groups is 1. The number of aryl methyl sites for hydroxylation is 2. The number of nitrogens with zero attached hydrogens (tertiary/aromatic N) is 1. The van der Waals surface area contributed by atoms with Crippen molar-refractivity contribution >= 4 is 12.0 Å². The van der Waals surface area contributed by atoms with Crippen LogP contribution in [0.2, 0.25) is 0 Å². The van der Waals surface area contributed by atoms with Gasteiger partial charge in [-0.1, -0.05) is 29.3 Å². The number of amides is 1. The van der Waals surface area contributed by atoms with Gasteiger partial charge in [-0.05, 0) is 64.3 Å². The Balaban J connectivity index is 1.63. The molecule has 4 heteroatoms. The van der Waals surface area contributed by atoms with Crippen molar-refractivity contribution in [3.05, 3.63) is 41.0 Å². The molecule has 1 unspecified atom stereocenters. The van der Waals surface area contributed by atoms with E-state index in [1.165, 1.54) is 17.5 Å². The molecule has 1 saturated heterocycles. The van der Waals surface area contributed by atoms with Crippen LogP contribution < -0.4 is 5.32 Å². The lowest BCUT2D eigenvalue weighted by molar-refractivity contribution is -0.116. The molecule has 1 aliphatic heterocycles. The van der Waals surface area contributed by atoms with E-state index in [1.807, 2.05) is 6.08 Å². The Morgan fingerprint density at radius 2 is 2.04 bits per heavy atom. The van der Waals surface area contributed by atoms with E-state index in [9.17, 15) is 9.90 Å². The average molecular weight is 330 g/mol. The number of aliphatic hydroxyl groups excluding tert-OH is 1. The third-order valence-corrected chi connectivity index (χ3v) is 4.55.